The molecular weight excluding hydrogens is 409 g/mol. The number of carbonyl (C=O) groups excluding carboxylic acids is 1. The highest BCUT2D eigenvalue weighted by atomic mass is 32.2. The number of rotatable bonds is 7. The third-order valence-corrected chi connectivity index (χ3v) is 5.62. The average Bonchev–Trinajstić information content (AvgIpc) is 3.24. The van der Waals surface area contributed by atoms with Crippen LogP contribution < -0.4 is 4.72 Å². The zero-order valence-electron chi connectivity index (χ0n) is 16.0. The Morgan fingerprint density at radius 3 is 2.43 bits per heavy atom. The molecule has 0 unspecified atom stereocenters. The molecule has 2 aromatic carbocycles. The Morgan fingerprint density at radius 2 is 1.80 bits per heavy atom. The fraction of sp³-hybridized carbons (Fsp3) is 0.143. The van der Waals surface area contributed by atoms with E-state index < -0.39 is 21.7 Å². The van der Waals surface area contributed by atoms with Gasteiger partial charge in [-0.05, 0) is 54.6 Å². The van der Waals surface area contributed by atoms with Gasteiger partial charge in [-0.15, -0.1) is 0 Å². The fourth-order valence-electron chi connectivity index (χ4n) is 2.80. The minimum Gasteiger partial charge on any atom is -0.438 e. The van der Waals surface area contributed by atoms with Crippen LogP contribution in [-0.2, 0) is 23.1 Å². The van der Waals surface area contributed by atoms with Crippen molar-refractivity contribution >= 4 is 15.9 Å². The van der Waals surface area contributed by atoms with Gasteiger partial charge in [-0.25, -0.2) is 17.5 Å². The highest BCUT2D eigenvalue weighted by molar-refractivity contribution is 7.89. The molecule has 0 saturated carbocycles. The van der Waals surface area contributed by atoms with Gasteiger partial charge in [0.25, 0.3) is 15.9 Å². The van der Waals surface area contributed by atoms with Crippen molar-refractivity contribution in [3.63, 3.8) is 0 Å². The number of hydrogen-bond acceptors (Lipinski definition) is 5. The molecule has 0 aliphatic heterocycles. The molecule has 0 atom stereocenters. The van der Waals surface area contributed by atoms with Crippen molar-refractivity contribution < 1.29 is 22.0 Å². The molecule has 0 saturated heterocycles. The molecule has 0 aliphatic carbocycles. The van der Waals surface area contributed by atoms with E-state index in [1.54, 1.807) is 36.4 Å². The quantitative estimate of drug-likeness (QED) is 0.624. The maximum absolute atomic E-state index is 13.6. The lowest BCUT2D eigenvalue weighted by atomic mass is 10.1. The molecule has 9 heteroatoms. The van der Waals surface area contributed by atoms with Gasteiger partial charge in [0.2, 0.25) is 5.09 Å². The summed E-state index contributed by atoms with van der Waals surface area (Å²) in [6.07, 6.45) is 0. The van der Waals surface area contributed by atoms with Crippen LogP contribution in [0.3, 0.4) is 0 Å². The van der Waals surface area contributed by atoms with Crippen LogP contribution >= 0.6 is 0 Å². The van der Waals surface area contributed by atoms with Crippen LogP contribution in [0, 0.1) is 17.1 Å². The molecule has 0 spiro atoms. The van der Waals surface area contributed by atoms with E-state index in [2.05, 4.69) is 4.72 Å². The number of nitriles is 1. The summed E-state index contributed by atoms with van der Waals surface area (Å²) in [7, 11) is -2.60. The Labute approximate surface area is 173 Å². The van der Waals surface area contributed by atoms with Gasteiger partial charge in [0.1, 0.15) is 5.82 Å². The molecule has 7 nitrogen and oxygen atoms in total. The summed E-state index contributed by atoms with van der Waals surface area (Å²) in [5, 5.41) is 8.56. The lowest BCUT2D eigenvalue weighted by Crippen LogP contribution is -2.30. The molecule has 1 aromatic heterocycles. The van der Waals surface area contributed by atoms with E-state index in [0.29, 0.717) is 11.1 Å². The number of sulfonamides is 1. The number of carbonyl (C=O) groups is 1. The monoisotopic (exact) mass is 427 g/mol. The number of nitrogens with zero attached hydrogens (tertiary/aromatic N) is 2. The molecule has 3 rings (SSSR count). The molecule has 154 valence electrons. The molecule has 0 bridgehead atoms. The first-order chi connectivity index (χ1) is 14.3. The standard InChI is InChI=1S/C21H18FN3O4S/c1-24-30(27,28)20-10-9-19(29-20)21(26)25(14-17-3-2-4-18(22)11-17)13-16-7-5-15(12-23)6-8-16/h2-11,24H,13-14H2,1H3. The van der Waals surface area contributed by atoms with Crippen molar-refractivity contribution in [3.05, 3.63) is 88.9 Å². The van der Waals surface area contributed by atoms with Crippen LogP contribution in [0.4, 0.5) is 4.39 Å². The highest BCUT2D eigenvalue weighted by Gasteiger charge is 2.24. The predicted molar refractivity (Wildman–Crippen MR) is 106 cm³/mol. The molecule has 1 N–H and O–H groups in total. The molecule has 0 aliphatic rings. The lowest BCUT2D eigenvalue weighted by molar-refractivity contribution is 0.0691. The van der Waals surface area contributed by atoms with Crippen molar-refractivity contribution in [3.8, 4) is 6.07 Å². The smallest absolute Gasteiger partial charge is 0.290 e. The molecule has 3 aromatic rings. The number of benzene rings is 2. The third kappa shape index (κ3) is 4.92. The van der Waals surface area contributed by atoms with E-state index in [1.807, 2.05) is 6.07 Å². The van der Waals surface area contributed by atoms with E-state index in [-0.39, 0.29) is 23.9 Å². The first-order valence-electron chi connectivity index (χ1n) is 8.88. The second-order valence-corrected chi connectivity index (χ2v) is 8.24. The van der Waals surface area contributed by atoms with Crippen molar-refractivity contribution in [1.29, 1.82) is 5.26 Å². The highest BCUT2D eigenvalue weighted by Crippen LogP contribution is 2.19. The van der Waals surface area contributed by atoms with E-state index in [0.717, 1.165) is 5.56 Å². The van der Waals surface area contributed by atoms with Crippen LogP contribution in [-0.4, -0.2) is 26.3 Å². The average molecular weight is 427 g/mol. The summed E-state index contributed by atoms with van der Waals surface area (Å²) in [4.78, 5) is 14.5. The normalized spacial score (nSPS) is 11.1. The van der Waals surface area contributed by atoms with Gasteiger partial charge in [0.05, 0.1) is 11.6 Å². The van der Waals surface area contributed by atoms with Gasteiger partial charge in [0, 0.05) is 13.1 Å². The third-order valence-electron chi connectivity index (χ3n) is 4.33. The summed E-state index contributed by atoms with van der Waals surface area (Å²) in [6.45, 7) is 0.223. The minimum absolute atomic E-state index is 0.0748. The topological polar surface area (TPSA) is 103 Å². The van der Waals surface area contributed by atoms with Crippen LogP contribution in [0.25, 0.3) is 0 Å². The number of halogens is 1. The van der Waals surface area contributed by atoms with Crippen LogP contribution in [0.2, 0.25) is 0 Å². The summed E-state index contributed by atoms with van der Waals surface area (Å²) in [5.74, 6) is -1.14. The van der Waals surface area contributed by atoms with Crippen molar-refractivity contribution in [1.82, 2.24) is 9.62 Å². The molecule has 0 fully saturated rings. The summed E-state index contributed by atoms with van der Waals surface area (Å²) in [5.41, 5.74) is 1.79. The van der Waals surface area contributed by atoms with Gasteiger partial charge >= 0.3 is 0 Å². The van der Waals surface area contributed by atoms with E-state index in [4.69, 9.17) is 9.68 Å². The van der Waals surface area contributed by atoms with Crippen LogP contribution in [0.5, 0.6) is 0 Å². The van der Waals surface area contributed by atoms with E-state index in [9.17, 15) is 17.6 Å². The molecule has 0 radical (unpaired) electrons. The fourth-order valence-corrected chi connectivity index (χ4v) is 3.44. The minimum atomic E-state index is -3.84. The van der Waals surface area contributed by atoms with Gasteiger partial charge in [-0.2, -0.15) is 5.26 Å². The van der Waals surface area contributed by atoms with Gasteiger partial charge in [-0.1, -0.05) is 24.3 Å². The summed E-state index contributed by atoms with van der Waals surface area (Å²) < 4.78 is 44.8. The first-order valence-corrected chi connectivity index (χ1v) is 10.4. The summed E-state index contributed by atoms with van der Waals surface area (Å²) in [6, 6.07) is 17.0. The van der Waals surface area contributed by atoms with Crippen molar-refractivity contribution in [2.45, 2.75) is 18.2 Å². The Kier molecular flexibility index (Phi) is 6.30. The lowest BCUT2D eigenvalue weighted by Gasteiger charge is -2.22. The molecule has 1 heterocycles. The van der Waals surface area contributed by atoms with Gasteiger partial charge in [-0.3, -0.25) is 4.79 Å². The Balaban J connectivity index is 1.91. The Hall–Kier alpha value is -3.48. The van der Waals surface area contributed by atoms with Crippen LogP contribution in [0.15, 0.2) is 70.2 Å². The van der Waals surface area contributed by atoms with Crippen LogP contribution in [0.1, 0.15) is 27.2 Å². The molecule has 1 amide bonds. The second-order valence-electron chi connectivity index (χ2n) is 6.43. The SMILES string of the molecule is CNS(=O)(=O)c1ccc(C(=O)N(Cc2ccc(C#N)cc2)Cc2cccc(F)c2)o1. The van der Waals surface area contributed by atoms with E-state index >= 15 is 0 Å². The molecular formula is C21H18FN3O4S. The zero-order valence-corrected chi connectivity index (χ0v) is 16.8. The largest absolute Gasteiger partial charge is 0.438 e. The first kappa shape index (κ1) is 21.2. The number of hydrogen-bond donors (Lipinski definition) is 1. The Bertz CT molecular complexity index is 1200. The van der Waals surface area contributed by atoms with Gasteiger partial charge < -0.3 is 9.32 Å². The Morgan fingerprint density at radius 1 is 1.10 bits per heavy atom. The molecule has 30 heavy (non-hydrogen) atoms. The number of nitrogens with one attached hydrogen (secondary N) is 1. The van der Waals surface area contributed by atoms with Crippen molar-refractivity contribution in [2.75, 3.05) is 7.05 Å². The summed E-state index contributed by atoms with van der Waals surface area (Å²) >= 11 is 0. The second kappa shape index (κ2) is 8.90. The van der Waals surface area contributed by atoms with E-state index in [1.165, 1.54) is 36.2 Å². The number of amides is 1. The number of furan rings is 1. The van der Waals surface area contributed by atoms with Crippen molar-refractivity contribution in [2.24, 2.45) is 0 Å². The maximum Gasteiger partial charge on any atom is 0.290 e. The van der Waals surface area contributed by atoms with Gasteiger partial charge in [0.15, 0.2) is 5.76 Å². The maximum atomic E-state index is 13.6. The zero-order chi connectivity index (χ0) is 21.7. The predicted octanol–water partition coefficient (Wildman–Crippen LogP) is 3.04.